The van der Waals surface area contributed by atoms with Crippen molar-refractivity contribution in [2.45, 2.75) is 26.7 Å². The van der Waals surface area contributed by atoms with Gasteiger partial charge in [0.2, 0.25) is 0 Å². The SMILES string of the molecule is CCN(CC)CCCNCCc1cc(Cl)c2cccnc2c1O. The van der Waals surface area contributed by atoms with Crippen LogP contribution in [0.2, 0.25) is 5.02 Å². The van der Waals surface area contributed by atoms with Crippen LogP contribution in [0.15, 0.2) is 24.4 Å². The number of aromatic hydroxyl groups is 1. The molecule has 0 spiro atoms. The molecule has 4 nitrogen and oxygen atoms in total. The quantitative estimate of drug-likeness (QED) is 0.689. The number of nitrogens with zero attached hydrogens (tertiary/aromatic N) is 2. The number of fused-ring (bicyclic) bond motifs is 1. The highest BCUT2D eigenvalue weighted by Crippen LogP contribution is 2.32. The molecular weight excluding hydrogens is 310 g/mol. The summed E-state index contributed by atoms with van der Waals surface area (Å²) in [5.41, 5.74) is 1.42. The molecule has 0 amide bonds. The molecular formula is C18H26ClN3O. The summed E-state index contributed by atoms with van der Waals surface area (Å²) >= 11 is 6.29. The molecule has 0 aliphatic heterocycles. The number of benzene rings is 1. The average molecular weight is 336 g/mol. The largest absolute Gasteiger partial charge is 0.505 e. The Morgan fingerprint density at radius 1 is 1.26 bits per heavy atom. The molecule has 5 heteroatoms. The maximum absolute atomic E-state index is 10.4. The van der Waals surface area contributed by atoms with Gasteiger partial charge in [-0.05, 0) is 69.3 Å². The smallest absolute Gasteiger partial charge is 0.145 e. The highest BCUT2D eigenvalue weighted by Gasteiger charge is 2.10. The molecule has 0 saturated heterocycles. The van der Waals surface area contributed by atoms with E-state index in [1.807, 2.05) is 18.2 Å². The van der Waals surface area contributed by atoms with E-state index in [2.05, 4.69) is 29.0 Å². The predicted octanol–water partition coefficient (Wildman–Crippen LogP) is 3.46. The van der Waals surface area contributed by atoms with E-state index >= 15 is 0 Å². The van der Waals surface area contributed by atoms with E-state index in [0.29, 0.717) is 10.5 Å². The van der Waals surface area contributed by atoms with Crippen LogP contribution in [0.5, 0.6) is 5.75 Å². The van der Waals surface area contributed by atoms with Crippen molar-refractivity contribution in [2.75, 3.05) is 32.7 Å². The zero-order valence-electron chi connectivity index (χ0n) is 14.0. The van der Waals surface area contributed by atoms with Gasteiger partial charge in [-0.3, -0.25) is 4.98 Å². The van der Waals surface area contributed by atoms with Crippen molar-refractivity contribution in [3.8, 4) is 5.75 Å². The van der Waals surface area contributed by atoms with Crippen molar-refractivity contribution < 1.29 is 5.11 Å². The van der Waals surface area contributed by atoms with Gasteiger partial charge < -0.3 is 15.3 Å². The number of phenols is 1. The van der Waals surface area contributed by atoms with Crippen LogP contribution in [0.25, 0.3) is 10.9 Å². The first-order chi connectivity index (χ1) is 11.2. The average Bonchev–Trinajstić information content (AvgIpc) is 2.58. The summed E-state index contributed by atoms with van der Waals surface area (Å²) < 4.78 is 0. The van der Waals surface area contributed by atoms with Crippen LogP contribution in [0.1, 0.15) is 25.8 Å². The van der Waals surface area contributed by atoms with E-state index in [1.165, 1.54) is 0 Å². The summed E-state index contributed by atoms with van der Waals surface area (Å²) in [6.45, 7) is 9.52. The number of hydrogen-bond acceptors (Lipinski definition) is 4. The number of pyridine rings is 1. The van der Waals surface area contributed by atoms with Crippen LogP contribution in [0.3, 0.4) is 0 Å². The van der Waals surface area contributed by atoms with Crippen LogP contribution in [-0.4, -0.2) is 47.7 Å². The minimum Gasteiger partial charge on any atom is -0.505 e. The Morgan fingerprint density at radius 3 is 2.78 bits per heavy atom. The summed E-state index contributed by atoms with van der Waals surface area (Å²) in [6, 6.07) is 5.54. The van der Waals surface area contributed by atoms with Gasteiger partial charge in [0, 0.05) is 11.6 Å². The molecule has 1 heterocycles. The Balaban J connectivity index is 1.85. The lowest BCUT2D eigenvalue weighted by molar-refractivity contribution is 0.298. The summed E-state index contributed by atoms with van der Waals surface area (Å²) in [5.74, 6) is 0.245. The monoisotopic (exact) mass is 335 g/mol. The zero-order chi connectivity index (χ0) is 16.7. The topological polar surface area (TPSA) is 48.4 Å². The van der Waals surface area contributed by atoms with Crippen LogP contribution in [-0.2, 0) is 6.42 Å². The summed E-state index contributed by atoms with van der Waals surface area (Å²) in [6.07, 6.45) is 3.55. The molecule has 0 saturated carbocycles. The maximum atomic E-state index is 10.4. The number of phenolic OH excluding ortho intramolecular Hbond substituents is 1. The summed E-state index contributed by atoms with van der Waals surface area (Å²) in [5, 5.41) is 15.2. The lowest BCUT2D eigenvalue weighted by Crippen LogP contribution is -2.27. The van der Waals surface area contributed by atoms with E-state index in [4.69, 9.17) is 11.6 Å². The molecule has 0 bridgehead atoms. The number of aromatic nitrogens is 1. The van der Waals surface area contributed by atoms with Crippen molar-refractivity contribution in [3.63, 3.8) is 0 Å². The molecule has 0 fully saturated rings. The number of nitrogens with one attached hydrogen (secondary N) is 1. The lowest BCUT2D eigenvalue weighted by atomic mass is 10.1. The van der Waals surface area contributed by atoms with Crippen LogP contribution in [0, 0.1) is 0 Å². The molecule has 0 unspecified atom stereocenters. The van der Waals surface area contributed by atoms with Crippen molar-refractivity contribution in [1.29, 1.82) is 0 Å². The third-order valence-electron chi connectivity index (χ3n) is 4.19. The molecule has 0 aliphatic rings. The molecule has 2 rings (SSSR count). The normalized spacial score (nSPS) is 11.5. The first-order valence-corrected chi connectivity index (χ1v) is 8.73. The molecule has 2 N–H and O–H groups in total. The van der Waals surface area contributed by atoms with Crippen LogP contribution in [0.4, 0.5) is 0 Å². The van der Waals surface area contributed by atoms with Crippen LogP contribution < -0.4 is 5.32 Å². The Morgan fingerprint density at radius 2 is 2.04 bits per heavy atom. The summed E-state index contributed by atoms with van der Waals surface area (Å²) in [7, 11) is 0. The number of hydrogen-bond donors (Lipinski definition) is 2. The molecule has 0 radical (unpaired) electrons. The molecule has 0 aliphatic carbocycles. The minimum absolute atomic E-state index is 0.245. The maximum Gasteiger partial charge on any atom is 0.145 e. The van der Waals surface area contributed by atoms with E-state index in [0.717, 1.165) is 56.5 Å². The van der Waals surface area contributed by atoms with E-state index in [9.17, 15) is 5.11 Å². The molecule has 2 aromatic rings. The minimum atomic E-state index is 0.245. The van der Waals surface area contributed by atoms with Crippen molar-refractivity contribution in [1.82, 2.24) is 15.2 Å². The Labute approximate surface area is 143 Å². The lowest BCUT2D eigenvalue weighted by Gasteiger charge is -2.17. The highest BCUT2D eigenvalue weighted by atomic mass is 35.5. The van der Waals surface area contributed by atoms with Gasteiger partial charge in [0.05, 0.1) is 5.02 Å². The molecule has 1 aromatic heterocycles. The second-order valence-electron chi connectivity index (χ2n) is 5.65. The molecule has 1 aromatic carbocycles. The van der Waals surface area contributed by atoms with Gasteiger partial charge in [0.15, 0.2) is 0 Å². The molecule has 0 atom stereocenters. The molecule has 23 heavy (non-hydrogen) atoms. The van der Waals surface area contributed by atoms with Crippen molar-refractivity contribution >= 4 is 22.5 Å². The fourth-order valence-electron chi connectivity index (χ4n) is 2.74. The van der Waals surface area contributed by atoms with Gasteiger partial charge in [-0.2, -0.15) is 0 Å². The first-order valence-electron chi connectivity index (χ1n) is 8.35. The van der Waals surface area contributed by atoms with Gasteiger partial charge in [-0.25, -0.2) is 0 Å². The number of halogens is 1. The Kier molecular flexibility index (Phi) is 7.09. The first kappa shape index (κ1) is 18.0. The Hall–Kier alpha value is -1.36. The second-order valence-corrected chi connectivity index (χ2v) is 6.05. The van der Waals surface area contributed by atoms with E-state index in [1.54, 1.807) is 6.20 Å². The van der Waals surface area contributed by atoms with Gasteiger partial charge >= 0.3 is 0 Å². The third-order valence-corrected chi connectivity index (χ3v) is 4.50. The van der Waals surface area contributed by atoms with Gasteiger partial charge in [-0.1, -0.05) is 25.4 Å². The highest BCUT2D eigenvalue weighted by molar-refractivity contribution is 6.35. The fraction of sp³-hybridized carbons (Fsp3) is 0.500. The van der Waals surface area contributed by atoms with E-state index < -0.39 is 0 Å². The van der Waals surface area contributed by atoms with Gasteiger partial charge in [0.1, 0.15) is 11.3 Å². The fourth-order valence-corrected chi connectivity index (χ4v) is 3.03. The van der Waals surface area contributed by atoms with E-state index in [-0.39, 0.29) is 5.75 Å². The van der Waals surface area contributed by atoms with Crippen LogP contribution >= 0.6 is 11.6 Å². The molecule has 126 valence electrons. The second kappa shape index (κ2) is 9.06. The van der Waals surface area contributed by atoms with Crippen molar-refractivity contribution in [3.05, 3.63) is 35.0 Å². The predicted molar refractivity (Wildman–Crippen MR) is 97.4 cm³/mol. The zero-order valence-corrected chi connectivity index (χ0v) is 14.7. The Bertz CT molecular complexity index is 629. The summed E-state index contributed by atoms with van der Waals surface area (Å²) in [4.78, 5) is 6.66. The number of rotatable bonds is 9. The van der Waals surface area contributed by atoms with Gasteiger partial charge in [0.25, 0.3) is 0 Å². The van der Waals surface area contributed by atoms with Crippen molar-refractivity contribution in [2.24, 2.45) is 0 Å². The van der Waals surface area contributed by atoms with Gasteiger partial charge in [-0.15, -0.1) is 0 Å². The third kappa shape index (κ3) is 4.80. The standard InChI is InChI=1S/C18H26ClN3O/c1-3-22(4-2)12-6-9-20-11-8-14-13-16(19)15-7-5-10-21-17(15)18(14)23/h5,7,10,13,20,23H,3-4,6,8-9,11-12H2,1-2H3.